The van der Waals surface area contributed by atoms with Crippen LogP contribution in [0.25, 0.3) is 0 Å². The van der Waals surface area contributed by atoms with E-state index in [4.69, 9.17) is 5.73 Å². The lowest BCUT2D eigenvalue weighted by Crippen LogP contribution is -2.53. The predicted molar refractivity (Wildman–Crippen MR) is 112 cm³/mol. The van der Waals surface area contributed by atoms with Crippen LogP contribution in [0.3, 0.4) is 0 Å². The molecular formula is C19H36Cl2N4O2. The standard InChI is InChI=1S/C19H34N4O2.2ClH/c20-14-16-6-5-7-17(16)19(25)23-12-10-21(11-13-23)15-18(24)22-8-3-1-2-4-9-22;;/h16-17H,1-15,20H2;2*1H/t16-,17-;;/m1../s1. The first-order chi connectivity index (χ1) is 12.2. The number of likely N-dealkylation sites (tertiary alicyclic amines) is 1. The maximum absolute atomic E-state index is 12.8. The average molecular weight is 423 g/mol. The highest BCUT2D eigenvalue weighted by molar-refractivity contribution is 5.85. The van der Waals surface area contributed by atoms with Gasteiger partial charge in [0.2, 0.25) is 11.8 Å². The van der Waals surface area contributed by atoms with Crippen molar-refractivity contribution in [3.8, 4) is 0 Å². The van der Waals surface area contributed by atoms with Gasteiger partial charge in [-0.05, 0) is 38.1 Å². The topological polar surface area (TPSA) is 69.9 Å². The van der Waals surface area contributed by atoms with Crippen LogP contribution in [0.15, 0.2) is 0 Å². The highest BCUT2D eigenvalue weighted by atomic mass is 35.5. The summed E-state index contributed by atoms with van der Waals surface area (Å²) in [4.78, 5) is 31.5. The minimum absolute atomic E-state index is 0. The van der Waals surface area contributed by atoms with Gasteiger partial charge in [0, 0.05) is 45.2 Å². The summed E-state index contributed by atoms with van der Waals surface area (Å²) in [5.74, 6) is 1.07. The molecule has 2 amide bonds. The van der Waals surface area contributed by atoms with Crippen molar-refractivity contribution in [3.63, 3.8) is 0 Å². The van der Waals surface area contributed by atoms with Crippen molar-refractivity contribution < 1.29 is 9.59 Å². The van der Waals surface area contributed by atoms with Crippen LogP contribution in [0.1, 0.15) is 44.9 Å². The number of nitrogens with two attached hydrogens (primary N) is 1. The molecule has 1 saturated carbocycles. The number of piperazine rings is 1. The van der Waals surface area contributed by atoms with Crippen LogP contribution in [0.2, 0.25) is 0 Å². The van der Waals surface area contributed by atoms with Crippen molar-refractivity contribution >= 4 is 36.6 Å². The summed E-state index contributed by atoms with van der Waals surface area (Å²) in [6.07, 6.45) is 7.98. The van der Waals surface area contributed by atoms with E-state index < -0.39 is 0 Å². The highest BCUT2D eigenvalue weighted by Crippen LogP contribution is 2.32. The lowest BCUT2D eigenvalue weighted by molar-refractivity contribution is -0.139. The monoisotopic (exact) mass is 422 g/mol. The lowest BCUT2D eigenvalue weighted by atomic mass is 9.94. The van der Waals surface area contributed by atoms with Crippen LogP contribution in [0.4, 0.5) is 0 Å². The Morgan fingerprint density at radius 2 is 1.41 bits per heavy atom. The fourth-order valence-electron chi connectivity index (χ4n) is 4.62. The SMILES string of the molecule is Cl.Cl.NC[C@H]1CCC[C@H]1C(=O)N1CCN(CC(=O)N2CCCCCC2)CC1. The van der Waals surface area contributed by atoms with Gasteiger partial charge in [-0.1, -0.05) is 19.3 Å². The summed E-state index contributed by atoms with van der Waals surface area (Å²) < 4.78 is 0. The Labute approximate surface area is 176 Å². The van der Waals surface area contributed by atoms with Gasteiger partial charge < -0.3 is 15.5 Å². The first-order valence-electron chi connectivity index (χ1n) is 10.2. The van der Waals surface area contributed by atoms with Crippen LogP contribution in [0.5, 0.6) is 0 Å². The van der Waals surface area contributed by atoms with E-state index in [0.29, 0.717) is 24.9 Å². The third-order valence-corrected chi connectivity index (χ3v) is 6.28. The molecule has 27 heavy (non-hydrogen) atoms. The molecule has 3 fully saturated rings. The number of rotatable bonds is 4. The van der Waals surface area contributed by atoms with Crippen molar-refractivity contribution in [1.82, 2.24) is 14.7 Å². The molecule has 2 atom stereocenters. The molecule has 2 saturated heterocycles. The van der Waals surface area contributed by atoms with Crippen LogP contribution in [-0.4, -0.2) is 78.9 Å². The Morgan fingerprint density at radius 3 is 2.00 bits per heavy atom. The minimum atomic E-state index is 0. The van der Waals surface area contributed by atoms with E-state index in [-0.39, 0.29) is 36.6 Å². The normalized spacial score (nSPS) is 26.7. The molecule has 0 aromatic carbocycles. The van der Waals surface area contributed by atoms with E-state index in [1.54, 1.807) is 0 Å². The molecular weight excluding hydrogens is 387 g/mol. The van der Waals surface area contributed by atoms with Crippen molar-refractivity contribution in [1.29, 1.82) is 0 Å². The smallest absolute Gasteiger partial charge is 0.236 e. The molecule has 0 aromatic heterocycles. The van der Waals surface area contributed by atoms with Crippen molar-refractivity contribution in [2.24, 2.45) is 17.6 Å². The van der Waals surface area contributed by atoms with Gasteiger partial charge in [-0.25, -0.2) is 0 Å². The number of hydrogen-bond donors (Lipinski definition) is 1. The Morgan fingerprint density at radius 1 is 0.778 bits per heavy atom. The van der Waals surface area contributed by atoms with Gasteiger partial charge in [-0.2, -0.15) is 0 Å². The molecule has 1 aliphatic carbocycles. The minimum Gasteiger partial charge on any atom is -0.342 e. The van der Waals surface area contributed by atoms with Gasteiger partial charge in [-0.15, -0.1) is 24.8 Å². The number of carbonyl (C=O) groups is 2. The molecule has 3 rings (SSSR count). The predicted octanol–water partition coefficient (Wildman–Crippen LogP) is 1.75. The quantitative estimate of drug-likeness (QED) is 0.748. The van der Waals surface area contributed by atoms with Crippen LogP contribution in [-0.2, 0) is 9.59 Å². The zero-order valence-corrected chi connectivity index (χ0v) is 17.9. The summed E-state index contributed by atoms with van der Waals surface area (Å²) in [5.41, 5.74) is 5.83. The third kappa shape index (κ3) is 6.48. The Hall–Kier alpha value is -0.560. The molecule has 158 valence electrons. The average Bonchev–Trinajstić information content (AvgIpc) is 2.94. The Bertz CT molecular complexity index is 465. The van der Waals surface area contributed by atoms with Gasteiger partial charge in [0.05, 0.1) is 6.54 Å². The van der Waals surface area contributed by atoms with Gasteiger partial charge in [0.25, 0.3) is 0 Å². The molecule has 3 aliphatic rings. The van der Waals surface area contributed by atoms with Crippen molar-refractivity contribution in [2.45, 2.75) is 44.9 Å². The molecule has 2 aliphatic heterocycles. The number of halogens is 2. The van der Waals surface area contributed by atoms with Gasteiger partial charge in [0.15, 0.2) is 0 Å². The molecule has 0 unspecified atom stereocenters. The number of amides is 2. The van der Waals surface area contributed by atoms with E-state index >= 15 is 0 Å². The number of carbonyl (C=O) groups excluding carboxylic acids is 2. The first-order valence-corrected chi connectivity index (χ1v) is 10.2. The third-order valence-electron chi connectivity index (χ3n) is 6.28. The summed E-state index contributed by atoms with van der Waals surface area (Å²) in [7, 11) is 0. The van der Waals surface area contributed by atoms with Crippen molar-refractivity contribution in [2.75, 3.05) is 52.4 Å². The van der Waals surface area contributed by atoms with E-state index in [2.05, 4.69) is 4.90 Å². The number of hydrogen-bond acceptors (Lipinski definition) is 4. The molecule has 0 bridgehead atoms. The van der Waals surface area contributed by atoms with Gasteiger partial charge in [0.1, 0.15) is 0 Å². The van der Waals surface area contributed by atoms with E-state index in [1.165, 1.54) is 12.8 Å². The molecule has 0 aromatic rings. The Kier molecular flexibility index (Phi) is 11.0. The summed E-state index contributed by atoms with van der Waals surface area (Å²) in [5, 5.41) is 0. The summed E-state index contributed by atoms with van der Waals surface area (Å²) in [6.45, 7) is 6.09. The molecule has 0 spiro atoms. The molecule has 6 nitrogen and oxygen atoms in total. The maximum Gasteiger partial charge on any atom is 0.236 e. The van der Waals surface area contributed by atoms with Crippen LogP contribution >= 0.6 is 24.8 Å². The maximum atomic E-state index is 12.8. The Balaban J connectivity index is 0.00000182. The largest absolute Gasteiger partial charge is 0.342 e. The number of nitrogens with zero attached hydrogens (tertiary/aromatic N) is 3. The zero-order chi connectivity index (χ0) is 17.6. The molecule has 8 heteroatoms. The molecule has 2 N–H and O–H groups in total. The van der Waals surface area contributed by atoms with Crippen LogP contribution < -0.4 is 5.73 Å². The second-order valence-corrected chi connectivity index (χ2v) is 7.93. The molecule has 2 heterocycles. The van der Waals surface area contributed by atoms with Crippen molar-refractivity contribution in [3.05, 3.63) is 0 Å². The fourth-order valence-corrected chi connectivity index (χ4v) is 4.62. The summed E-state index contributed by atoms with van der Waals surface area (Å²) >= 11 is 0. The lowest BCUT2D eigenvalue weighted by Gasteiger charge is -2.37. The van der Waals surface area contributed by atoms with E-state index in [9.17, 15) is 9.59 Å². The fraction of sp³-hybridized carbons (Fsp3) is 0.895. The highest BCUT2D eigenvalue weighted by Gasteiger charge is 2.35. The second kappa shape index (κ2) is 12.1. The van der Waals surface area contributed by atoms with E-state index in [0.717, 1.165) is 71.4 Å². The summed E-state index contributed by atoms with van der Waals surface area (Å²) in [6, 6.07) is 0. The van der Waals surface area contributed by atoms with Gasteiger partial charge >= 0.3 is 0 Å². The zero-order valence-electron chi connectivity index (χ0n) is 16.3. The second-order valence-electron chi connectivity index (χ2n) is 7.93. The molecule has 0 radical (unpaired) electrons. The van der Waals surface area contributed by atoms with E-state index in [1.807, 2.05) is 9.80 Å². The first kappa shape index (κ1) is 24.5. The van der Waals surface area contributed by atoms with Gasteiger partial charge in [-0.3, -0.25) is 14.5 Å². The van der Waals surface area contributed by atoms with Crippen LogP contribution in [0, 0.1) is 11.8 Å².